The lowest BCUT2D eigenvalue weighted by molar-refractivity contribution is -0.136. The molecular weight excluding hydrogens is 282 g/mol. The van der Waals surface area contributed by atoms with E-state index in [9.17, 15) is 18.4 Å². The van der Waals surface area contributed by atoms with Gasteiger partial charge in [0.15, 0.2) is 11.6 Å². The van der Waals surface area contributed by atoms with Gasteiger partial charge < -0.3 is 15.7 Å². The first-order chi connectivity index (χ1) is 9.99. The number of hydrogen-bond donors (Lipinski definition) is 3. The molecular formula is C14H14F2N2O3. The van der Waals surface area contributed by atoms with Gasteiger partial charge in [0.1, 0.15) is 0 Å². The summed E-state index contributed by atoms with van der Waals surface area (Å²) < 4.78 is 25.7. The number of rotatable bonds is 3. The van der Waals surface area contributed by atoms with Crippen LogP contribution in [0.5, 0.6) is 0 Å². The Bertz CT molecular complexity index is 590. The predicted octanol–water partition coefficient (Wildman–Crippen LogP) is 0.957. The van der Waals surface area contributed by atoms with Gasteiger partial charge in [0.2, 0.25) is 0 Å². The van der Waals surface area contributed by atoms with Gasteiger partial charge in [-0.2, -0.15) is 0 Å². The van der Waals surface area contributed by atoms with Crippen molar-refractivity contribution in [3.05, 3.63) is 42.0 Å². The summed E-state index contributed by atoms with van der Waals surface area (Å²) >= 11 is 0. The predicted molar refractivity (Wildman–Crippen MR) is 71.3 cm³/mol. The standard InChI is InChI=1S/C14H14F2N2O3/c15-11-4-3-10(6-12(11)16)18-14(21)13(20)17-9-2-1-8(5-9)7-19/h1-4,6,8-9,19H,5,7H2,(H,17,20)(H,18,21)/t8-,9+/m0/s1. The summed E-state index contributed by atoms with van der Waals surface area (Å²) in [5.74, 6) is -4.04. The molecule has 0 spiro atoms. The molecule has 1 aromatic rings. The van der Waals surface area contributed by atoms with Crippen LogP contribution in [0, 0.1) is 17.6 Å². The fourth-order valence-electron chi connectivity index (χ4n) is 2.01. The molecule has 0 aliphatic heterocycles. The summed E-state index contributed by atoms with van der Waals surface area (Å²) in [6, 6.07) is 2.47. The van der Waals surface area contributed by atoms with Gasteiger partial charge >= 0.3 is 11.8 Å². The van der Waals surface area contributed by atoms with Crippen LogP contribution in [0.2, 0.25) is 0 Å². The number of benzene rings is 1. The van der Waals surface area contributed by atoms with E-state index in [2.05, 4.69) is 10.6 Å². The molecule has 0 saturated carbocycles. The number of carbonyl (C=O) groups is 2. The summed E-state index contributed by atoms with van der Waals surface area (Å²) in [5, 5.41) is 13.6. The van der Waals surface area contributed by atoms with Crippen LogP contribution in [0.4, 0.5) is 14.5 Å². The van der Waals surface area contributed by atoms with Gasteiger partial charge in [-0.05, 0) is 18.6 Å². The number of aliphatic hydroxyl groups excluding tert-OH is 1. The van der Waals surface area contributed by atoms with Crippen molar-refractivity contribution in [2.24, 2.45) is 5.92 Å². The highest BCUT2D eigenvalue weighted by atomic mass is 19.2. The number of hydrogen-bond acceptors (Lipinski definition) is 3. The number of amides is 2. The third kappa shape index (κ3) is 3.85. The minimum Gasteiger partial charge on any atom is -0.396 e. The average molecular weight is 296 g/mol. The van der Waals surface area contributed by atoms with Crippen molar-refractivity contribution >= 4 is 17.5 Å². The molecule has 1 aromatic carbocycles. The average Bonchev–Trinajstić information content (AvgIpc) is 2.90. The van der Waals surface area contributed by atoms with Crippen LogP contribution in [0.25, 0.3) is 0 Å². The Labute approximate surface area is 119 Å². The highest BCUT2D eigenvalue weighted by Gasteiger charge is 2.23. The third-order valence-corrected chi connectivity index (χ3v) is 3.11. The number of halogens is 2. The summed E-state index contributed by atoms with van der Waals surface area (Å²) in [4.78, 5) is 23.3. The smallest absolute Gasteiger partial charge is 0.313 e. The van der Waals surface area contributed by atoms with Crippen molar-refractivity contribution in [1.29, 1.82) is 0 Å². The lowest BCUT2D eigenvalue weighted by Gasteiger charge is -2.12. The quantitative estimate of drug-likeness (QED) is 0.574. The lowest BCUT2D eigenvalue weighted by atomic mass is 10.1. The Balaban J connectivity index is 1.89. The SMILES string of the molecule is O=C(Nc1ccc(F)c(F)c1)C(=O)N[C@@H]1C=C[C@H](CO)C1. The zero-order valence-corrected chi connectivity index (χ0v) is 11.0. The van der Waals surface area contributed by atoms with E-state index in [0.29, 0.717) is 6.42 Å². The number of carbonyl (C=O) groups excluding carboxylic acids is 2. The first-order valence-corrected chi connectivity index (χ1v) is 6.35. The maximum atomic E-state index is 13.0. The maximum absolute atomic E-state index is 13.0. The van der Waals surface area contributed by atoms with Crippen LogP contribution < -0.4 is 10.6 Å². The van der Waals surface area contributed by atoms with Gasteiger partial charge in [-0.15, -0.1) is 0 Å². The van der Waals surface area contributed by atoms with Crippen molar-refractivity contribution in [2.75, 3.05) is 11.9 Å². The Morgan fingerprint density at radius 2 is 1.95 bits per heavy atom. The van der Waals surface area contributed by atoms with Gasteiger partial charge in [-0.1, -0.05) is 12.2 Å². The van der Waals surface area contributed by atoms with Crippen LogP contribution in [-0.2, 0) is 9.59 Å². The van der Waals surface area contributed by atoms with E-state index < -0.39 is 23.4 Å². The minimum atomic E-state index is -1.11. The van der Waals surface area contributed by atoms with Crippen LogP contribution >= 0.6 is 0 Å². The molecule has 1 aliphatic carbocycles. The van der Waals surface area contributed by atoms with Crippen LogP contribution in [0.15, 0.2) is 30.4 Å². The molecule has 7 heteroatoms. The van der Waals surface area contributed by atoms with Crippen molar-refractivity contribution in [3.63, 3.8) is 0 Å². The molecule has 2 amide bonds. The van der Waals surface area contributed by atoms with E-state index in [1.165, 1.54) is 0 Å². The number of nitrogens with one attached hydrogen (secondary N) is 2. The Morgan fingerprint density at radius 3 is 2.57 bits per heavy atom. The molecule has 2 atom stereocenters. The van der Waals surface area contributed by atoms with E-state index in [1.807, 2.05) is 0 Å². The normalized spacial score (nSPS) is 20.3. The first kappa shape index (κ1) is 15.1. The molecule has 0 saturated heterocycles. The van der Waals surface area contributed by atoms with Gasteiger partial charge in [-0.25, -0.2) is 8.78 Å². The molecule has 1 aliphatic rings. The third-order valence-electron chi connectivity index (χ3n) is 3.11. The number of anilines is 1. The highest BCUT2D eigenvalue weighted by molar-refractivity contribution is 6.39. The Kier molecular flexibility index (Phi) is 4.64. The first-order valence-electron chi connectivity index (χ1n) is 6.35. The molecule has 21 heavy (non-hydrogen) atoms. The maximum Gasteiger partial charge on any atom is 0.313 e. The molecule has 0 bridgehead atoms. The van der Waals surface area contributed by atoms with Crippen LogP contribution in [0.1, 0.15) is 6.42 Å². The zero-order valence-electron chi connectivity index (χ0n) is 11.0. The topological polar surface area (TPSA) is 78.4 Å². The molecule has 5 nitrogen and oxygen atoms in total. The summed E-state index contributed by atoms with van der Waals surface area (Å²) in [6.45, 7) is -0.0239. The summed E-state index contributed by atoms with van der Waals surface area (Å²) in [7, 11) is 0. The van der Waals surface area contributed by atoms with Gasteiger partial charge in [-0.3, -0.25) is 9.59 Å². The van der Waals surface area contributed by atoms with Crippen molar-refractivity contribution in [2.45, 2.75) is 12.5 Å². The Morgan fingerprint density at radius 1 is 1.19 bits per heavy atom. The largest absolute Gasteiger partial charge is 0.396 e. The van der Waals surface area contributed by atoms with Crippen molar-refractivity contribution in [1.82, 2.24) is 5.32 Å². The number of aliphatic hydroxyl groups is 1. The van der Waals surface area contributed by atoms with Crippen molar-refractivity contribution < 1.29 is 23.5 Å². The van der Waals surface area contributed by atoms with Crippen LogP contribution in [-0.4, -0.2) is 29.6 Å². The van der Waals surface area contributed by atoms with Gasteiger partial charge in [0, 0.05) is 30.3 Å². The van der Waals surface area contributed by atoms with Crippen molar-refractivity contribution in [3.8, 4) is 0 Å². The minimum absolute atomic E-state index is 0.00995. The summed E-state index contributed by atoms with van der Waals surface area (Å²) in [5.41, 5.74) is -0.00995. The molecule has 3 N–H and O–H groups in total. The Hall–Kier alpha value is -2.28. The van der Waals surface area contributed by atoms with Crippen LogP contribution in [0.3, 0.4) is 0 Å². The molecule has 0 radical (unpaired) electrons. The second kappa shape index (κ2) is 6.45. The molecule has 0 fully saturated rings. The molecule has 0 heterocycles. The monoisotopic (exact) mass is 296 g/mol. The lowest BCUT2D eigenvalue weighted by Crippen LogP contribution is -2.40. The van der Waals surface area contributed by atoms with E-state index in [1.54, 1.807) is 12.2 Å². The van der Waals surface area contributed by atoms with Gasteiger partial charge in [0.05, 0.1) is 0 Å². The molecule has 112 valence electrons. The highest BCUT2D eigenvalue weighted by Crippen LogP contribution is 2.17. The zero-order chi connectivity index (χ0) is 15.4. The second-order valence-electron chi connectivity index (χ2n) is 4.73. The second-order valence-corrected chi connectivity index (χ2v) is 4.73. The van der Waals surface area contributed by atoms with E-state index in [-0.39, 0.29) is 24.3 Å². The van der Waals surface area contributed by atoms with Gasteiger partial charge in [0.25, 0.3) is 0 Å². The molecule has 0 aromatic heterocycles. The van der Waals surface area contributed by atoms with E-state index in [0.717, 1.165) is 18.2 Å². The fraction of sp³-hybridized carbons (Fsp3) is 0.286. The summed E-state index contributed by atoms with van der Waals surface area (Å²) in [6.07, 6.45) is 3.97. The fourth-order valence-corrected chi connectivity index (χ4v) is 2.01. The molecule has 0 unspecified atom stereocenters. The van der Waals surface area contributed by atoms with E-state index in [4.69, 9.17) is 5.11 Å². The van der Waals surface area contributed by atoms with E-state index >= 15 is 0 Å². The molecule has 2 rings (SSSR count).